The molecule has 9 heteroatoms. The molecule has 5 rings (SSSR count). The summed E-state index contributed by atoms with van der Waals surface area (Å²) in [5.74, 6) is -0.316. The molecule has 1 N–H and O–H groups in total. The van der Waals surface area contributed by atoms with Crippen LogP contribution in [0.1, 0.15) is 16.8 Å². The van der Waals surface area contributed by atoms with Crippen molar-refractivity contribution in [2.75, 3.05) is 46.6 Å². The highest BCUT2D eigenvalue weighted by Gasteiger charge is 2.17. The van der Waals surface area contributed by atoms with Gasteiger partial charge in [-0.3, -0.25) is 9.88 Å². The summed E-state index contributed by atoms with van der Waals surface area (Å²) in [6.07, 6.45) is 2.44. The van der Waals surface area contributed by atoms with Gasteiger partial charge in [0.1, 0.15) is 5.75 Å². The molecule has 4 aromatic rings. The molecule has 0 unspecified atom stereocenters. The van der Waals surface area contributed by atoms with Gasteiger partial charge in [-0.2, -0.15) is 0 Å². The van der Waals surface area contributed by atoms with E-state index in [0.717, 1.165) is 39.3 Å². The Balaban J connectivity index is 1.38. The fourth-order valence-electron chi connectivity index (χ4n) is 4.47. The Bertz CT molecular complexity index is 1440. The van der Waals surface area contributed by atoms with E-state index in [-0.39, 0.29) is 16.7 Å². The van der Waals surface area contributed by atoms with Gasteiger partial charge >= 0.3 is 5.97 Å². The zero-order valence-electron chi connectivity index (χ0n) is 20.4. The first-order valence-electron chi connectivity index (χ1n) is 12.1. The lowest BCUT2D eigenvalue weighted by Crippen LogP contribution is -2.37. The molecule has 1 aliphatic rings. The average molecular weight is 507 g/mol. The maximum absolute atomic E-state index is 15.3. The minimum atomic E-state index is -1.12. The molecule has 1 saturated heterocycles. The van der Waals surface area contributed by atoms with Gasteiger partial charge in [-0.15, -0.1) is 0 Å². The van der Waals surface area contributed by atoms with E-state index in [4.69, 9.17) is 18.9 Å². The van der Waals surface area contributed by atoms with E-state index in [9.17, 15) is 9.90 Å². The summed E-state index contributed by atoms with van der Waals surface area (Å²) in [4.78, 5) is 18.3. The van der Waals surface area contributed by atoms with Gasteiger partial charge in [0.15, 0.2) is 23.1 Å². The maximum atomic E-state index is 15.3. The monoisotopic (exact) mass is 506 g/mol. The zero-order chi connectivity index (χ0) is 25.8. The predicted octanol–water partition coefficient (Wildman–Crippen LogP) is 5.13. The molecular formula is C28H27FN2O6. The second kappa shape index (κ2) is 11.0. The van der Waals surface area contributed by atoms with Crippen molar-refractivity contribution in [2.24, 2.45) is 0 Å². The normalized spacial score (nSPS) is 14.1. The smallest absolute Gasteiger partial charge is 0.336 e. The number of nitrogens with zero attached hydrogens (tertiary/aromatic N) is 2. The Hall–Kier alpha value is -3.95. The number of carboxylic acids is 1. The number of carbonyl (C=O) groups is 1. The molecule has 0 amide bonds. The number of fused-ring (bicyclic) bond motifs is 2. The number of rotatable bonds is 9. The van der Waals surface area contributed by atoms with Gasteiger partial charge < -0.3 is 24.1 Å². The van der Waals surface area contributed by atoms with Gasteiger partial charge in [0.2, 0.25) is 0 Å². The minimum absolute atomic E-state index is 0.0232. The van der Waals surface area contributed by atoms with Crippen molar-refractivity contribution in [1.29, 1.82) is 0 Å². The molecule has 1 fully saturated rings. The van der Waals surface area contributed by atoms with Crippen LogP contribution in [0.2, 0.25) is 0 Å². The summed E-state index contributed by atoms with van der Waals surface area (Å²) in [6, 6.07) is 12.6. The van der Waals surface area contributed by atoms with E-state index < -0.39 is 11.8 Å². The van der Waals surface area contributed by atoms with Crippen LogP contribution in [-0.4, -0.2) is 67.5 Å². The van der Waals surface area contributed by atoms with E-state index in [1.807, 2.05) is 0 Å². The average Bonchev–Trinajstić information content (AvgIpc) is 2.92. The fourth-order valence-corrected chi connectivity index (χ4v) is 4.47. The molecule has 8 nitrogen and oxygen atoms in total. The highest BCUT2D eigenvalue weighted by atomic mass is 19.1. The summed E-state index contributed by atoms with van der Waals surface area (Å²) in [6.45, 7) is 4.86. The first kappa shape index (κ1) is 24.7. The number of methoxy groups -OCH3 is 1. The van der Waals surface area contributed by atoms with Crippen LogP contribution in [0.5, 0.6) is 23.0 Å². The number of halogens is 1. The number of ether oxygens (including phenoxy) is 4. The summed E-state index contributed by atoms with van der Waals surface area (Å²) in [5, 5.41) is 10.5. The highest BCUT2D eigenvalue weighted by Crippen LogP contribution is 2.38. The van der Waals surface area contributed by atoms with E-state index in [0.29, 0.717) is 40.1 Å². The summed E-state index contributed by atoms with van der Waals surface area (Å²) in [7, 11) is 1.56. The summed E-state index contributed by atoms with van der Waals surface area (Å²) < 4.78 is 38.2. The third-order valence-electron chi connectivity index (χ3n) is 6.38. The number of morpholine rings is 1. The number of hydrogen-bond acceptors (Lipinski definition) is 7. The number of aromatic nitrogens is 1. The lowest BCUT2D eigenvalue weighted by atomic mass is 10.0. The van der Waals surface area contributed by atoms with Crippen LogP contribution >= 0.6 is 0 Å². The number of aromatic carboxylic acids is 1. The fraction of sp³-hybridized carbons (Fsp3) is 0.286. The maximum Gasteiger partial charge on any atom is 0.336 e. The van der Waals surface area contributed by atoms with Crippen LogP contribution in [0, 0.1) is 5.82 Å². The van der Waals surface area contributed by atoms with Crippen molar-refractivity contribution in [3.8, 4) is 23.0 Å². The van der Waals surface area contributed by atoms with E-state index >= 15 is 4.39 Å². The van der Waals surface area contributed by atoms with E-state index in [2.05, 4.69) is 9.88 Å². The molecule has 0 radical (unpaired) electrons. The topological polar surface area (TPSA) is 90.4 Å². The van der Waals surface area contributed by atoms with Crippen molar-refractivity contribution in [3.63, 3.8) is 0 Å². The molecule has 0 bridgehead atoms. The number of carboxylic acid groups (broad SMARTS) is 1. The zero-order valence-corrected chi connectivity index (χ0v) is 20.4. The molecule has 0 spiro atoms. The van der Waals surface area contributed by atoms with E-state index in [1.54, 1.807) is 37.6 Å². The Morgan fingerprint density at radius 1 is 1.03 bits per heavy atom. The predicted molar refractivity (Wildman–Crippen MR) is 137 cm³/mol. The van der Waals surface area contributed by atoms with Crippen LogP contribution in [0.4, 0.5) is 4.39 Å². The van der Waals surface area contributed by atoms with Gasteiger partial charge in [-0.1, -0.05) is 12.1 Å². The van der Waals surface area contributed by atoms with E-state index in [1.165, 1.54) is 24.3 Å². The Morgan fingerprint density at radius 2 is 1.86 bits per heavy atom. The van der Waals surface area contributed by atoms with Crippen LogP contribution in [-0.2, 0) is 4.74 Å². The quantitative estimate of drug-likeness (QED) is 0.313. The third kappa shape index (κ3) is 5.28. The first-order chi connectivity index (χ1) is 18.0. The number of benzene rings is 3. The lowest BCUT2D eigenvalue weighted by Gasteiger charge is -2.26. The van der Waals surface area contributed by atoms with Gasteiger partial charge in [0, 0.05) is 42.7 Å². The second-order valence-corrected chi connectivity index (χ2v) is 8.67. The number of pyridine rings is 1. The molecule has 0 saturated carbocycles. The molecule has 0 aliphatic carbocycles. The number of hydrogen-bond donors (Lipinski definition) is 1. The Labute approximate surface area is 213 Å². The van der Waals surface area contributed by atoms with Gasteiger partial charge in [-0.25, -0.2) is 9.18 Å². The molecule has 2 heterocycles. The molecule has 1 aromatic heterocycles. The van der Waals surface area contributed by atoms with Crippen LogP contribution in [0.25, 0.3) is 21.7 Å². The van der Waals surface area contributed by atoms with Crippen LogP contribution in [0.3, 0.4) is 0 Å². The van der Waals surface area contributed by atoms with Crippen molar-refractivity contribution >= 4 is 27.6 Å². The Morgan fingerprint density at radius 3 is 2.65 bits per heavy atom. The lowest BCUT2D eigenvalue weighted by molar-refractivity contribution is 0.0357. The molecule has 37 heavy (non-hydrogen) atoms. The molecule has 3 aromatic carbocycles. The SMILES string of the molecule is COc1cc2c(Oc3ccc4c(C(=O)O)cccc4c3F)ccnc2cc1OCCCN1CCOCC1. The van der Waals surface area contributed by atoms with Crippen LogP contribution in [0.15, 0.2) is 54.7 Å². The minimum Gasteiger partial charge on any atom is -0.493 e. The molecular weight excluding hydrogens is 479 g/mol. The largest absolute Gasteiger partial charge is 0.493 e. The molecule has 192 valence electrons. The van der Waals surface area contributed by atoms with Crippen molar-refractivity contribution in [2.45, 2.75) is 6.42 Å². The third-order valence-corrected chi connectivity index (χ3v) is 6.38. The standard InChI is InChI=1S/C28H27FN2O6/c1-34-25-16-21-22(17-26(25)36-13-3-10-31-11-14-35-15-12-31)30-9-8-23(21)37-24-7-6-18-19(27(24)29)4-2-5-20(18)28(32)33/h2,4-9,16-17H,3,10-15H2,1H3,(H,32,33). The van der Waals surface area contributed by atoms with Crippen molar-refractivity contribution in [3.05, 3.63) is 66.1 Å². The molecule has 1 aliphatic heterocycles. The summed E-state index contributed by atoms with van der Waals surface area (Å²) in [5.41, 5.74) is 0.635. The van der Waals surface area contributed by atoms with Crippen molar-refractivity contribution < 1.29 is 33.2 Å². The highest BCUT2D eigenvalue weighted by molar-refractivity contribution is 6.04. The Kier molecular flexibility index (Phi) is 7.34. The van der Waals surface area contributed by atoms with Gasteiger partial charge in [0.05, 0.1) is 38.0 Å². The molecule has 0 atom stereocenters. The van der Waals surface area contributed by atoms with Crippen LogP contribution < -0.4 is 14.2 Å². The second-order valence-electron chi connectivity index (χ2n) is 8.67. The van der Waals surface area contributed by atoms with Crippen molar-refractivity contribution in [1.82, 2.24) is 9.88 Å². The van der Waals surface area contributed by atoms with Gasteiger partial charge in [0.25, 0.3) is 0 Å². The van der Waals surface area contributed by atoms with Gasteiger partial charge in [-0.05, 0) is 42.1 Å². The first-order valence-corrected chi connectivity index (χ1v) is 12.1. The summed E-state index contributed by atoms with van der Waals surface area (Å²) >= 11 is 0.